The Balaban J connectivity index is 1.86. The molecule has 4 rings (SSSR count). The van der Waals surface area contributed by atoms with Crippen molar-refractivity contribution in [2.75, 3.05) is 0 Å². The Morgan fingerprint density at radius 3 is 1.80 bits per heavy atom. The maximum atomic E-state index is 12.5. The number of hydrogen-bond donors (Lipinski definition) is 2. The van der Waals surface area contributed by atoms with Crippen LogP contribution in [0, 0.1) is 0 Å². The van der Waals surface area contributed by atoms with Gasteiger partial charge >= 0.3 is 0 Å². The standard InChI is InChI=1S/C24H18O6/c1-10-9-18(26)19-16(21(10)27)7-5-13(23(19)29)12(3)14-4-6-15-17(25)8-11(2)22(28)20(15)24(14)30/h4-9,12,29-30H,1-3H3/t12-/m1/s1. The number of phenols is 2. The zero-order chi connectivity index (χ0) is 21.9. The van der Waals surface area contributed by atoms with Crippen LogP contribution in [0.3, 0.4) is 0 Å². The van der Waals surface area contributed by atoms with Crippen molar-refractivity contribution in [1.82, 2.24) is 0 Å². The van der Waals surface area contributed by atoms with Gasteiger partial charge in [0.25, 0.3) is 0 Å². The number of phenolic OH excluding ortho intramolecular Hbond substituents is 2. The van der Waals surface area contributed by atoms with E-state index < -0.39 is 17.5 Å². The topological polar surface area (TPSA) is 109 Å². The molecule has 0 spiro atoms. The molecule has 2 N–H and O–H groups in total. The largest absolute Gasteiger partial charge is 0.507 e. The van der Waals surface area contributed by atoms with Crippen LogP contribution < -0.4 is 0 Å². The Morgan fingerprint density at radius 2 is 1.17 bits per heavy atom. The van der Waals surface area contributed by atoms with E-state index in [1.54, 1.807) is 6.92 Å². The highest BCUT2D eigenvalue weighted by Gasteiger charge is 2.32. The van der Waals surface area contributed by atoms with E-state index in [9.17, 15) is 29.4 Å². The molecule has 6 nitrogen and oxygen atoms in total. The van der Waals surface area contributed by atoms with Crippen molar-refractivity contribution >= 4 is 23.1 Å². The molecule has 0 aliphatic heterocycles. The lowest BCUT2D eigenvalue weighted by atomic mass is 9.81. The van der Waals surface area contributed by atoms with E-state index in [-0.39, 0.29) is 50.9 Å². The summed E-state index contributed by atoms with van der Waals surface area (Å²) in [7, 11) is 0. The molecule has 0 unspecified atom stereocenters. The molecule has 2 aromatic rings. The van der Waals surface area contributed by atoms with Gasteiger partial charge in [-0.15, -0.1) is 0 Å². The number of hydrogen-bond acceptors (Lipinski definition) is 6. The van der Waals surface area contributed by atoms with Crippen LogP contribution in [-0.2, 0) is 0 Å². The lowest BCUT2D eigenvalue weighted by molar-refractivity contribution is 0.0981. The molecule has 30 heavy (non-hydrogen) atoms. The van der Waals surface area contributed by atoms with Crippen LogP contribution in [0.5, 0.6) is 11.5 Å². The number of aromatic hydroxyl groups is 2. The van der Waals surface area contributed by atoms with Crippen LogP contribution >= 0.6 is 0 Å². The fraction of sp³-hybridized carbons (Fsp3) is 0.167. The average molecular weight is 402 g/mol. The third-order valence-corrected chi connectivity index (χ3v) is 5.75. The molecule has 2 aliphatic carbocycles. The first-order valence-corrected chi connectivity index (χ1v) is 9.39. The molecule has 0 bridgehead atoms. The van der Waals surface area contributed by atoms with E-state index in [0.29, 0.717) is 16.7 Å². The zero-order valence-corrected chi connectivity index (χ0v) is 16.6. The van der Waals surface area contributed by atoms with Crippen LogP contribution in [-0.4, -0.2) is 33.3 Å². The predicted octanol–water partition coefficient (Wildman–Crippen LogP) is 3.90. The lowest BCUT2D eigenvalue weighted by Gasteiger charge is -2.22. The van der Waals surface area contributed by atoms with Crippen LogP contribution in [0.25, 0.3) is 0 Å². The van der Waals surface area contributed by atoms with Gasteiger partial charge in [0.05, 0.1) is 11.1 Å². The number of allylic oxidation sites excluding steroid dienone is 4. The first-order valence-electron chi connectivity index (χ1n) is 9.39. The van der Waals surface area contributed by atoms with Crippen LogP contribution in [0.2, 0.25) is 0 Å². The lowest BCUT2D eigenvalue weighted by Crippen LogP contribution is -2.18. The molecule has 2 aromatic carbocycles. The summed E-state index contributed by atoms with van der Waals surface area (Å²) in [5, 5.41) is 21.6. The molecule has 6 heteroatoms. The number of rotatable bonds is 2. The highest BCUT2D eigenvalue weighted by Crippen LogP contribution is 2.42. The summed E-state index contributed by atoms with van der Waals surface area (Å²) < 4.78 is 0. The van der Waals surface area contributed by atoms with Crippen molar-refractivity contribution in [3.8, 4) is 11.5 Å². The van der Waals surface area contributed by atoms with E-state index in [1.165, 1.54) is 50.3 Å². The van der Waals surface area contributed by atoms with E-state index in [1.807, 2.05) is 0 Å². The minimum absolute atomic E-state index is 0.0633. The molecule has 0 aromatic heterocycles. The molecule has 0 fully saturated rings. The summed E-state index contributed by atoms with van der Waals surface area (Å²) in [5.74, 6) is -2.89. The van der Waals surface area contributed by atoms with Gasteiger partial charge < -0.3 is 10.2 Å². The van der Waals surface area contributed by atoms with Gasteiger partial charge in [-0.1, -0.05) is 19.1 Å². The summed E-state index contributed by atoms with van der Waals surface area (Å²) in [6.07, 6.45) is 2.43. The molecular formula is C24H18O6. The molecular weight excluding hydrogens is 384 g/mol. The van der Waals surface area contributed by atoms with Crippen LogP contribution in [0.1, 0.15) is 79.2 Å². The minimum atomic E-state index is -0.621. The number of Topliss-reactive ketones (excluding diaryl/α,β-unsaturated/α-hetero) is 2. The number of ketones is 4. The van der Waals surface area contributed by atoms with Crippen molar-refractivity contribution in [1.29, 1.82) is 0 Å². The van der Waals surface area contributed by atoms with Gasteiger partial charge in [0.2, 0.25) is 0 Å². The molecule has 0 saturated heterocycles. The van der Waals surface area contributed by atoms with Gasteiger partial charge in [0, 0.05) is 39.3 Å². The average Bonchev–Trinajstić information content (AvgIpc) is 2.69. The minimum Gasteiger partial charge on any atom is -0.507 e. The zero-order valence-electron chi connectivity index (χ0n) is 16.6. The SMILES string of the molecule is CC1=CC(=O)c2c(ccc([C@@H](C)c3ccc4c(c3O)C(=O)C(C)=CC4=O)c2O)C1=O. The maximum absolute atomic E-state index is 12.5. The summed E-state index contributed by atoms with van der Waals surface area (Å²) in [4.78, 5) is 49.5. The van der Waals surface area contributed by atoms with E-state index in [4.69, 9.17) is 0 Å². The smallest absolute Gasteiger partial charge is 0.193 e. The van der Waals surface area contributed by atoms with Gasteiger partial charge in [-0.25, -0.2) is 0 Å². The van der Waals surface area contributed by atoms with E-state index in [2.05, 4.69) is 0 Å². The highest BCUT2D eigenvalue weighted by molar-refractivity contribution is 6.26. The Labute approximate surface area is 172 Å². The van der Waals surface area contributed by atoms with Crippen molar-refractivity contribution < 1.29 is 29.4 Å². The van der Waals surface area contributed by atoms with Crippen molar-refractivity contribution in [3.05, 3.63) is 80.9 Å². The van der Waals surface area contributed by atoms with E-state index >= 15 is 0 Å². The van der Waals surface area contributed by atoms with Crippen LogP contribution in [0.4, 0.5) is 0 Å². The maximum Gasteiger partial charge on any atom is 0.193 e. The summed E-state index contributed by atoms with van der Waals surface area (Å²) in [6.45, 7) is 4.74. The van der Waals surface area contributed by atoms with Gasteiger partial charge in [0.15, 0.2) is 23.1 Å². The monoisotopic (exact) mass is 402 g/mol. The second kappa shape index (κ2) is 6.62. The second-order valence-corrected chi connectivity index (χ2v) is 7.62. The van der Waals surface area contributed by atoms with E-state index in [0.717, 1.165) is 0 Å². The van der Waals surface area contributed by atoms with Gasteiger partial charge in [-0.3, -0.25) is 19.2 Å². The Kier molecular flexibility index (Phi) is 4.31. The molecule has 0 radical (unpaired) electrons. The first kappa shape index (κ1) is 19.5. The summed E-state index contributed by atoms with van der Waals surface area (Å²) >= 11 is 0. The van der Waals surface area contributed by atoms with Gasteiger partial charge in [-0.2, -0.15) is 0 Å². The fourth-order valence-corrected chi connectivity index (χ4v) is 4.04. The normalized spacial score (nSPS) is 16.6. The molecule has 1 atom stereocenters. The second-order valence-electron chi connectivity index (χ2n) is 7.62. The third-order valence-electron chi connectivity index (χ3n) is 5.75. The molecule has 0 heterocycles. The molecule has 150 valence electrons. The highest BCUT2D eigenvalue weighted by atomic mass is 16.3. The molecule has 2 aliphatic rings. The van der Waals surface area contributed by atoms with Crippen molar-refractivity contribution in [2.45, 2.75) is 26.7 Å². The van der Waals surface area contributed by atoms with Crippen molar-refractivity contribution in [3.63, 3.8) is 0 Å². The first-order chi connectivity index (χ1) is 14.1. The predicted molar refractivity (Wildman–Crippen MR) is 109 cm³/mol. The van der Waals surface area contributed by atoms with Gasteiger partial charge in [0.1, 0.15) is 11.5 Å². The Bertz CT molecular complexity index is 1260. The molecule has 0 saturated carbocycles. The number of fused-ring (bicyclic) bond motifs is 2. The van der Waals surface area contributed by atoms with Crippen LogP contribution in [0.15, 0.2) is 47.6 Å². The van der Waals surface area contributed by atoms with Crippen molar-refractivity contribution in [2.24, 2.45) is 0 Å². The Morgan fingerprint density at radius 1 is 0.667 bits per heavy atom. The summed E-state index contributed by atoms with van der Waals surface area (Å²) in [5.41, 5.74) is 1.28. The quantitative estimate of drug-likeness (QED) is 0.789. The molecule has 0 amide bonds. The third kappa shape index (κ3) is 2.64. The number of carbonyl (C=O) groups excluding carboxylic acids is 4. The fourth-order valence-electron chi connectivity index (χ4n) is 4.04. The van der Waals surface area contributed by atoms with Gasteiger partial charge in [-0.05, 0) is 38.1 Å². The Hall–Kier alpha value is -3.80. The number of carbonyl (C=O) groups is 4. The summed E-state index contributed by atoms with van der Waals surface area (Å²) in [6, 6.07) is 6.00. The number of benzene rings is 2.